The van der Waals surface area contributed by atoms with E-state index in [-0.39, 0.29) is 12.2 Å². The molecule has 0 atom stereocenters. The molecule has 3 rings (SSSR count). The van der Waals surface area contributed by atoms with E-state index in [2.05, 4.69) is 10.5 Å². The van der Waals surface area contributed by atoms with Crippen LogP contribution in [0.25, 0.3) is 11.5 Å². The predicted octanol–water partition coefficient (Wildman–Crippen LogP) is 1.55. The summed E-state index contributed by atoms with van der Waals surface area (Å²) >= 11 is 0. The van der Waals surface area contributed by atoms with Crippen molar-refractivity contribution < 1.29 is 28.4 Å². The lowest BCUT2D eigenvalue weighted by molar-refractivity contribution is -0.154. The molecule has 0 spiro atoms. The first kappa shape index (κ1) is 15.3. The fourth-order valence-corrected chi connectivity index (χ4v) is 2.49. The van der Waals surface area contributed by atoms with E-state index in [0.717, 1.165) is 0 Å². The lowest BCUT2D eigenvalue weighted by Gasteiger charge is -2.32. The van der Waals surface area contributed by atoms with Gasteiger partial charge in [-0.05, 0) is 25.0 Å². The first-order valence-corrected chi connectivity index (χ1v) is 7.21. The Morgan fingerprint density at radius 3 is 2.74 bits per heavy atom. The van der Waals surface area contributed by atoms with Crippen LogP contribution in [0.2, 0.25) is 0 Å². The van der Waals surface area contributed by atoms with Gasteiger partial charge in [-0.2, -0.15) is 0 Å². The second-order valence-corrected chi connectivity index (χ2v) is 5.43. The minimum absolute atomic E-state index is 0.0213. The van der Waals surface area contributed by atoms with Crippen molar-refractivity contribution in [3.63, 3.8) is 0 Å². The van der Waals surface area contributed by atoms with E-state index in [1.807, 2.05) is 0 Å². The largest absolute Gasteiger partial charge is 0.481 e. The fraction of sp³-hybridized carbons (Fsp3) is 0.400. The number of furan rings is 1. The van der Waals surface area contributed by atoms with Crippen LogP contribution in [0.3, 0.4) is 0 Å². The Morgan fingerprint density at radius 1 is 1.30 bits per heavy atom. The normalized spacial score (nSPS) is 16.9. The number of carbonyl (C=O) groups excluding carboxylic acids is 1. The minimum atomic E-state index is -0.999. The van der Waals surface area contributed by atoms with E-state index >= 15 is 0 Å². The number of rotatable bonds is 5. The molecule has 3 heterocycles. The number of nitrogens with one attached hydrogen (secondary N) is 1. The molecule has 0 aromatic carbocycles. The van der Waals surface area contributed by atoms with Crippen LogP contribution in [-0.2, 0) is 9.53 Å². The molecule has 0 unspecified atom stereocenters. The van der Waals surface area contributed by atoms with Gasteiger partial charge in [-0.25, -0.2) is 0 Å². The minimum Gasteiger partial charge on any atom is -0.481 e. The molecule has 0 saturated carbocycles. The van der Waals surface area contributed by atoms with Gasteiger partial charge < -0.3 is 24.1 Å². The number of carbonyl (C=O) groups is 2. The van der Waals surface area contributed by atoms with Crippen molar-refractivity contribution in [2.24, 2.45) is 5.41 Å². The molecule has 1 amide bonds. The smallest absolute Gasteiger partial charge is 0.311 e. The van der Waals surface area contributed by atoms with Gasteiger partial charge in [0, 0.05) is 25.8 Å². The van der Waals surface area contributed by atoms with E-state index in [4.69, 9.17) is 13.7 Å². The van der Waals surface area contributed by atoms with E-state index in [1.165, 1.54) is 12.3 Å². The van der Waals surface area contributed by atoms with Crippen LogP contribution < -0.4 is 5.32 Å². The van der Waals surface area contributed by atoms with Gasteiger partial charge in [0.15, 0.2) is 11.5 Å². The Morgan fingerprint density at radius 2 is 2.09 bits per heavy atom. The molecule has 2 N–H and O–H groups in total. The SMILES string of the molecule is O=C(NCC1(C(=O)O)CCOCC1)c1cc(-c2ccco2)on1. The van der Waals surface area contributed by atoms with Crippen molar-refractivity contribution in [2.75, 3.05) is 19.8 Å². The zero-order chi connectivity index (χ0) is 16.3. The number of hydrogen-bond acceptors (Lipinski definition) is 6. The molecule has 0 aliphatic carbocycles. The number of carboxylic acid groups (broad SMARTS) is 1. The maximum atomic E-state index is 12.1. The first-order chi connectivity index (χ1) is 11.1. The van der Waals surface area contributed by atoms with Crippen LogP contribution in [0, 0.1) is 5.41 Å². The molecular weight excluding hydrogens is 304 g/mol. The summed E-state index contributed by atoms with van der Waals surface area (Å²) in [5, 5.41) is 15.8. The second-order valence-electron chi connectivity index (χ2n) is 5.43. The molecule has 2 aromatic heterocycles. The highest BCUT2D eigenvalue weighted by atomic mass is 16.5. The molecule has 23 heavy (non-hydrogen) atoms. The van der Waals surface area contributed by atoms with Crippen LogP contribution in [0.5, 0.6) is 0 Å². The van der Waals surface area contributed by atoms with Crippen LogP contribution in [0.1, 0.15) is 23.3 Å². The molecule has 0 bridgehead atoms. The van der Waals surface area contributed by atoms with Crippen molar-refractivity contribution in [1.29, 1.82) is 0 Å². The molecule has 8 heteroatoms. The van der Waals surface area contributed by atoms with Gasteiger partial charge in [-0.15, -0.1) is 0 Å². The molecule has 1 aliphatic heterocycles. The van der Waals surface area contributed by atoms with Crippen LogP contribution in [0.15, 0.2) is 33.4 Å². The maximum Gasteiger partial charge on any atom is 0.311 e. The summed E-state index contributed by atoms with van der Waals surface area (Å²) in [6.07, 6.45) is 2.21. The summed E-state index contributed by atoms with van der Waals surface area (Å²) < 4.78 is 15.4. The average molecular weight is 320 g/mol. The number of hydrogen-bond donors (Lipinski definition) is 2. The standard InChI is InChI=1S/C15H16N2O6/c18-13(10-8-12(23-17-10)11-2-1-5-22-11)16-9-15(14(19)20)3-6-21-7-4-15/h1-2,5,8H,3-4,6-7,9H2,(H,16,18)(H,19,20). The Hall–Kier alpha value is -2.61. The predicted molar refractivity (Wildman–Crippen MR) is 76.7 cm³/mol. The van der Waals surface area contributed by atoms with Gasteiger partial charge in [0.2, 0.25) is 5.76 Å². The topological polar surface area (TPSA) is 115 Å². The lowest BCUT2D eigenvalue weighted by Crippen LogP contribution is -2.46. The lowest BCUT2D eigenvalue weighted by atomic mass is 9.80. The maximum absolute atomic E-state index is 12.1. The van der Waals surface area contributed by atoms with Gasteiger partial charge in [0.05, 0.1) is 11.7 Å². The number of aliphatic carboxylic acids is 1. The highest BCUT2D eigenvalue weighted by Gasteiger charge is 2.40. The van der Waals surface area contributed by atoms with Crippen molar-refractivity contribution in [2.45, 2.75) is 12.8 Å². The summed E-state index contributed by atoms with van der Waals surface area (Å²) in [6, 6.07) is 4.83. The second kappa shape index (κ2) is 6.25. The summed E-state index contributed by atoms with van der Waals surface area (Å²) in [5.74, 6) is -0.627. The molecule has 8 nitrogen and oxygen atoms in total. The highest BCUT2D eigenvalue weighted by Crippen LogP contribution is 2.30. The monoisotopic (exact) mass is 320 g/mol. The van der Waals surface area contributed by atoms with Crippen LogP contribution in [-0.4, -0.2) is 41.9 Å². The van der Waals surface area contributed by atoms with Gasteiger partial charge in [-0.3, -0.25) is 9.59 Å². The number of amides is 1. The molecule has 1 fully saturated rings. The summed E-state index contributed by atoms with van der Waals surface area (Å²) in [5.41, 5.74) is -0.925. The van der Waals surface area contributed by atoms with Crippen LogP contribution in [0.4, 0.5) is 0 Å². The summed E-state index contributed by atoms with van der Waals surface area (Å²) in [6.45, 7) is 0.761. The van der Waals surface area contributed by atoms with E-state index in [1.54, 1.807) is 12.1 Å². The van der Waals surface area contributed by atoms with Gasteiger partial charge in [-0.1, -0.05) is 5.16 Å². The quantitative estimate of drug-likeness (QED) is 0.858. The third-order valence-corrected chi connectivity index (χ3v) is 4.00. The summed E-state index contributed by atoms with van der Waals surface area (Å²) in [7, 11) is 0. The zero-order valence-electron chi connectivity index (χ0n) is 12.3. The first-order valence-electron chi connectivity index (χ1n) is 7.21. The van der Waals surface area contributed by atoms with Gasteiger partial charge in [0.1, 0.15) is 0 Å². The number of aromatic nitrogens is 1. The van der Waals surface area contributed by atoms with Crippen molar-refractivity contribution in [1.82, 2.24) is 10.5 Å². The molecule has 0 radical (unpaired) electrons. The Balaban J connectivity index is 1.66. The Kier molecular flexibility index (Phi) is 4.16. The molecule has 2 aromatic rings. The van der Waals surface area contributed by atoms with E-state index in [0.29, 0.717) is 37.6 Å². The third-order valence-electron chi connectivity index (χ3n) is 4.00. The summed E-state index contributed by atoms with van der Waals surface area (Å²) in [4.78, 5) is 23.7. The van der Waals surface area contributed by atoms with E-state index < -0.39 is 17.3 Å². The molecular formula is C15H16N2O6. The average Bonchev–Trinajstić information content (AvgIpc) is 3.24. The van der Waals surface area contributed by atoms with Crippen molar-refractivity contribution in [3.05, 3.63) is 30.2 Å². The molecule has 122 valence electrons. The van der Waals surface area contributed by atoms with Gasteiger partial charge in [0.25, 0.3) is 5.91 Å². The van der Waals surface area contributed by atoms with Crippen molar-refractivity contribution in [3.8, 4) is 11.5 Å². The Labute approximate surface area is 131 Å². The van der Waals surface area contributed by atoms with E-state index in [9.17, 15) is 14.7 Å². The third kappa shape index (κ3) is 3.11. The zero-order valence-corrected chi connectivity index (χ0v) is 12.3. The number of ether oxygens (including phenoxy) is 1. The number of carboxylic acids is 1. The fourth-order valence-electron chi connectivity index (χ4n) is 2.49. The Bertz CT molecular complexity index is 685. The number of nitrogens with zero attached hydrogens (tertiary/aromatic N) is 1. The highest BCUT2D eigenvalue weighted by molar-refractivity contribution is 5.93. The van der Waals surface area contributed by atoms with Crippen molar-refractivity contribution >= 4 is 11.9 Å². The molecule has 1 aliphatic rings. The van der Waals surface area contributed by atoms with Gasteiger partial charge >= 0.3 is 5.97 Å². The van der Waals surface area contributed by atoms with Crippen LogP contribution >= 0.6 is 0 Å². The molecule has 1 saturated heterocycles.